The largest absolute Gasteiger partial charge is 0.454 e. The number of hydrogen-bond donors (Lipinski definition) is 1. The number of pyridine rings is 1. The van der Waals surface area contributed by atoms with E-state index >= 15 is 0 Å². The molecule has 1 amide bonds. The number of hydrogen-bond acceptors (Lipinski definition) is 8. The first-order chi connectivity index (χ1) is 16.5. The summed E-state index contributed by atoms with van der Waals surface area (Å²) in [6, 6.07) is 15.8. The third-order valence-electron chi connectivity index (χ3n) is 5.21. The molecule has 0 bridgehead atoms. The zero-order valence-corrected chi connectivity index (χ0v) is 18.8. The van der Waals surface area contributed by atoms with Crippen molar-refractivity contribution in [1.82, 2.24) is 4.98 Å². The van der Waals surface area contributed by atoms with Crippen LogP contribution in [-0.2, 0) is 9.53 Å². The molecule has 170 valence electrons. The quantitative estimate of drug-likeness (QED) is 0.319. The Balaban J connectivity index is 1.35. The van der Waals surface area contributed by atoms with E-state index in [0.29, 0.717) is 33.7 Å². The summed E-state index contributed by atoms with van der Waals surface area (Å²) >= 11 is 1.51. The molecule has 0 spiro atoms. The van der Waals surface area contributed by atoms with Crippen LogP contribution in [0.3, 0.4) is 0 Å². The first-order valence-corrected chi connectivity index (χ1v) is 11.2. The van der Waals surface area contributed by atoms with Gasteiger partial charge in [-0.15, -0.1) is 11.3 Å². The molecule has 1 aliphatic rings. The second kappa shape index (κ2) is 8.95. The molecule has 3 heterocycles. The zero-order valence-electron chi connectivity index (χ0n) is 18.0. The van der Waals surface area contributed by atoms with Crippen molar-refractivity contribution in [3.8, 4) is 22.1 Å². The fourth-order valence-corrected chi connectivity index (χ4v) is 4.31. The molecular formula is C25H18N2O6S. The van der Waals surface area contributed by atoms with Crippen molar-refractivity contribution >= 4 is 45.6 Å². The molecule has 0 fully saturated rings. The van der Waals surface area contributed by atoms with Crippen LogP contribution in [0.25, 0.3) is 21.5 Å². The van der Waals surface area contributed by atoms with E-state index in [1.165, 1.54) is 30.4 Å². The summed E-state index contributed by atoms with van der Waals surface area (Å²) < 4.78 is 15.9. The molecule has 8 nitrogen and oxygen atoms in total. The fourth-order valence-electron chi connectivity index (χ4n) is 3.63. The Bertz CT molecular complexity index is 1430. The van der Waals surface area contributed by atoms with Gasteiger partial charge in [0.05, 0.1) is 27.3 Å². The van der Waals surface area contributed by atoms with E-state index in [4.69, 9.17) is 14.2 Å². The van der Waals surface area contributed by atoms with Gasteiger partial charge in [0.15, 0.2) is 23.9 Å². The summed E-state index contributed by atoms with van der Waals surface area (Å²) in [4.78, 5) is 43.1. The van der Waals surface area contributed by atoms with E-state index in [0.717, 1.165) is 4.88 Å². The minimum absolute atomic E-state index is 0.0367. The number of para-hydroxylation sites is 1. The number of esters is 1. The topological polar surface area (TPSA) is 104 Å². The molecule has 0 aliphatic carbocycles. The lowest BCUT2D eigenvalue weighted by Gasteiger charge is -2.12. The molecule has 34 heavy (non-hydrogen) atoms. The first-order valence-electron chi connectivity index (χ1n) is 10.3. The van der Waals surface area contributed by atoms with Crippen LogP contribution >= 0.6 is 11.3 Å². The number of fused-ring (bicyclic) bond motifs is 2. The highest BCUT2D eigenvalue weighted by molar-refractivity contribution is 7.13. The molecule has 1 aliphatic heterocycles. The van der Waals surface area contributed by atoms with E-state index in [-0.39, 0.29) is 23.8 Å². The maximum Gasteiger partial charge on any atom is 0.339 e. The lowest BCUT2D eigenvalue weighted by molar-refractivity contribution is -0.119. The molecule has 2 aromatic heterocycles. The smallest absolute Gasteiger partial charge is 0.339 e. The number of nitrogens with zero attached hydrogens (tertiary/aromatic N) is 1. The van der Waals surface area contributed by atoms with Crippen molar-refractivity contribution in [2.45, 2.75) is 6.92 Å². The van der Waals surface area contributed by atoms with Gasteiger partial charge in [0.25, 0.3) is 5.91 Å². The Morgan fingerprint density at radius 2 is 1.82 bits per heavy atom. The molecular weight excluding hydrogens is 456 g/mol. The lowest BCUT2D eigenvalue weighted by atomic mass is 10.1. The molecule has 9 heteroatoms. The van der Waals surface area contributed by atoms with Crippen molar-refractivity contribution in [2.75, 3.05) is 18.7 Å². The Kier molecular flexibility index (Phi) is 5.69. The van der Waals surface area contributed by atoms with E-state index in [9.17, 15) is 14.4 Å². The average molecular weight is 474 g/mol. The van der Waals surface area contributed by atoms with Crippen LogP contribution in [-0.4, -0.2) is 36.0 Å². The number of thiophene rings is 1. The van der Waals surface area contributed by atoms with Gasteiger partial charge in [0, 0.05) is 17.0 Å². The first kappa shape index (κ1) is 21.6. The third kappa shape index (κ3) is 4.20. The molecule has 2 aromatic carbocycles. The lowest BCUT2D eigenvalue weighted by Crippen LogP contribution is -2.22. The Hall–Kier alpha value is -4.24. The van der Waals surface area contributed by atoms with Gasteiger partial charge in [-0.05, 0) is 36.6 Å². The third-order valence-corrected chi connectivity index (χ3v) is 6.10. The minimum Gasteiger partial charge on any atom is -0.454 e. The van der Waals surface area contributed by atoms with Crippen molar-refractivity contribution in [3.05, 3.63) is 71.1 Å². The molecule has 0 atom stereocenters. The maximum atomic E-state index is 12.9. The highest BCUT2D eigenvalue weighted by atomic mass is 32.1. The average Bonchev–Trinajstić information content (AvgIpc) is 3.53. The summed E-state index contributed by atoms with van der Waals surface area (Å²) in [6.45, 7) is 0.886. The van der Waals surface area contributed by atoms with Crippen LogP contribution < -0.4 is 14.8 Å². The van der Waals surface area contributed by atoms with E-state index in [2.05, 4.69) is 10.3 Å². The second-order valence-electron chi connectivity index (χ2n) is 7.48. The van der Waals surface area contributed by atoms with Gasteiger partial charge in [-0.3, -0.25) is 9.59 Å². The van der Waals surface area contributed by atoms with Gasteiger partial charge in [-0.1, -0.05) is 24.3 Å². The van der Waals surface area contributed by atoms with Gasteiger partial charge in [-0.25, -0.2) is 9.78 Å². The number of carbonyl (C=O) groups is 3. The summed E-state index contributed by atoms with van der Waals surface area (Å²) in [5.74, 6) is -0.645. The van der Waals surface area contributed by atoms with Gasteiger partial charge in [0.2, 0.25) is 6.79 Å². The van der Waals surface area contributed by atoms with E-state index < -0.39 is 18.5 Å². The Morgan fingerprint density at radius 3 is 2.59 bits per heavy atom. The molecule has 1 N–H and O–H groups in total. The van der Waals surface area contributed by atoms with Crippen LogP contribution in [0.15, 0.2) is 60.0 Å². The molecule has 0 saturated heterocycles. The SMILES string of the molecule is CC(=O)c1cc2c(cc1NC(=O)COC(=O)c1cc(-c3cccs3)nc3ccccc13)OCO2. The van der Waals surface area contributed by atoms with Gasteiger partial charge < -0.3 is 19.5 Å². The summed E-state index contributed by atoms with van der Waals surface area (Å²) in [5.41, 5.74) is 2.14. The predicted molar refractivity (Wildman–Crippen MR) is 127 cm³/mol. The molecule has 0 unspecified atom stereocenters. The Morgan fingerprint density at radius 1 is 1.03 bits per heavy atom. The number of amides is 1. The van der Waals surface area contributed by atoms with Crippen molar-refractivity contribution in [1.29, 1.82) is 0 Å². The normalized spacial score (nSPS) is 11.9. The number of benzene rings is 2. The van der Waals surface area contributed by atoms with Crippen LogP contribution in [0.2, 0.25) is 0 Å². The highest BCUT2D eigenvalue weighted by Crippen LogP contribution is 2.37. The van der Waals surface area contributed by atoms with Crippen LogP contribution in [0, 0.1) is 0 Å². The number of carbonyl (C=O) groups excluding carboxylic acids is 3. The van der Waals surface area contributed by atoms with Gasteiger partial charge >= 0.3 is 5.97 Å². The van der Waals surface area contributed by atoms with Crippen LogP contribution in [0.1, 0.15) is 27.6 Å². The summed E-state index contributed by atoms with van der Waals surface area (Å²) in [7, 11) is 0. The van der Waals surface area contributed by atoms with Crippen LogP contribution in [0.4, 0.5) is 5.69 Å². The number of rotatable bonds is 6. The van der Waals surface area contributed by atoms with Crippen molar-refractivity contribution in [2.24, 2.45) is 0 Å². The number of ketones is 1. The zero-order chi connectivity index (χ0) is 23.7. The molecule has 0 saturated carbocycles. The predicted octanol–water partition coefficient (Wildman–Crippen LogP) is 4.69. The van der Waals surface area contributed by atoms with Gasteiger partial charge in [0.1, 0.15) is 0 Å². The number of Topliss-reactive ketones (excluding diaryl/α,β-unsaturated/α-hetero) is 1. The fraction of sp³-hybridized carbons (Fsp3) is 0.120. The molecule has 5 rings (SSSR count). The monoisotopic (exact) mass is 474 g/mol. The van der Waals surface area contributed by atoms with Crippen LogP contribution in [0.5, 0.6) is 11.5 Å². The molecule has 4 aromatic rings. The summed E-state index contributed by atoms with van der Waals surface area (Å²) in [5, 5.41) is 5.17. The van der Waals surface area contributed by atoms with E-state index in [1.54, 1.807) is 18.2 Å². The highest BCUT2D eigenvalue weighted by Gasteiger charge is 2.21. The molecule has 0 radical (unpaired) electrons. The maximum absolute atomic E-state index is 12.9. The Labute approximate surface area is 198 Å². The minimum atomic E-state index is -0.649. The number of ether oxygens (including phenoxy) is 3. The standard InChI is InChI=1S/C25H18N2O6S/c1-14(28)16-10-21-22(33-13-32-21)11-19(16)27-24(29)12-31-25(30)17-9-20(23-7-4-8-34-23)26-18-6-3-2-5-15(17)18/h2-11H,12-13H2,1H3,(H,27,29). The number of aromatic nitrogens is 1. The number of nitrogens with one attached hydrogen (secondary N) is 1. The van der Waals surface area contributed by atoms with Crippen molar-refractivity contribution in [3.63, 3.8) is 0 Å². The summed E-state index contributed by atoms with van der Waals surface area (Å²) in [6.07, 6.45) is 0. The second-order valence-corrected chi connectivity index (χ2v) is 8.43. The van der Waals surface area contributed by atoms with Crippen molar-refractivity contribution < 1.29 is 28.6 Å². The number of anilines is 1. The van der Waals surface area contributed by atoms with Gasteiger partial charge in [-0.2, -0.15) is 0 Å². The van der Waals surface area contributed by atoms with E-state index in [1.807, 2.05) is 29.6 Å².